The highest BCUT2D eigenvalue weighted by Gasteiger charge is 2.14. The molecular weight excluding hydrogens is 736 g/mol. The molecule has 0 saturated carbocycles. The average Bonchev–Trinajstić information content (AvgIpc) is 3.18. The van der Waals surface area contributed by atoms with Crippen LogP contribution < -0.4 is 11.1 Å². The normalized spacial score (nSPS) is 9.94. The molecule has 0 atom stereocenters. The number of rotatable bonds is 8. The zero-order chi connectivity index (χ0) is 38.3. The quantitative estimate of drug-likeness (QED) is 0.0333. The van der Waals surface area contributed by atoms with Gasteiger partial charge in [-0.25, -0.2) is 24.3 Å². The van der Waals surface area contributed by atoms with E-state index in [1.807, 2.05) is 54.6 Å². The van der Waals surface area contributed by atoms with Gasteiger partial charge in [0.05, 0.1) is 35.7 Å². The first-order valence-corrected chi connectivity index (χ1v) is 17.2. The van der Waals surface area contributed by atoms with Crippen LogP contribution in [0.4, 0.5) is 11.4 Å². The molecular formula is C38H27ClN6O6S2. The minimum Gasteiger partial charge on any atom is -0.478 e. The molecule has 53 heavy (non-hydrogen) atoms. The lowest BCUT2D eigenvalue weighted by molar-refractivity contribution is 0.0686. The van der Waals surface area contributed by atoms with Gasteiger partial charge >= 0.3 is 11.9 Å². The molecule has 264 valence electrons. The van der Waals surface area contributed by atoms with E-state index in [-0.39, 0.29) is 27.3 Å². The van der Waals surface area contributed by atoms with Crippen LogP contribution in [-0.2, 0) is 11.6 Å². The van der Waals surface area contributed by atoms with E-state index in [0.29, 0.717) is 33.7 Å². The number of aromatic carboxylic acids is 2. The highest BCUT2D eigenvalue weighted by molar-refractivity contribution is 7.98. The minimum atomic E-state index is -0.990. The topological polar surface area (TPSA) is 178 Å². The zero-order valence-electron chi connectivity index (χ0n) is 27.4. The molecule has 0 saturated heterocycles. The predicted octanol–water partition coefficient (Wildman–Crippen LogP) is 8.75. The molecule has 6 aromatic rings. The molecule has 0 unspecified atom stereocenters. The summed E-state index contributed by atoms with van der Waals surface area (Å²) in [7, 11) is 0. The third-order valence-electron chi connectivity index (χ3n) is 7.00. The molecule has 0 amide bonds. The Morgan fingerprint density at radius 2 is 1.25 bits per heavy atom. The highest BCUT2D eigenvalue weighted by Crippen LogP contribution is 2.28. The van der Waals surface area contributed by atoms with Crippen molar-refractivity contribution in [1.29, 1.82) is 0 Å². The number of carbonyl (C=O) groups is 2. The van der Waals surface area contributed by atoms with Gasteiger partial charge in [0.15, 0.2) is 9.93 Å². The molecule has 0 aliphatic rings. The molecule has 15 heteroatoms. The SMILES string of the molecule is O=C(O)c1cccc(CCl)c1.[C-]#[N+]c1c(-c2ccccc2)[nH]c(=S)[nH]c1=O.[C-]#[N+]c1c(-c2ccccc2)nc(SCc2cccc(C(=O)O)c2)[nH]c1=O. The molecule has 0 bridgehead atoms. The Bertz CT molecular complexity index is 2510. The molecule has 0 radical (unpaired) electrons. The van der Waals surface area contributed by atoms with Crippen LogP contribution in [0.15, 0.2) is 124 Å². The van der Waals surface area contributed by atoms with Gasteiger partial charge in [-0.1, -0.05) is 96.7 Å². The zero-order valence-corrected chi connectivity index (χ0v) is 29.8. The number of thioether (sulfide) groups is 1. The van der Waals surface area contributed by atoms with Crippen LogP contribution >= 0.6 is 35.6 Å². The van der Waals surface area contributed by atoms with E-state index in [9.17, 15) is 19.2 Å². The number of hydrogen-bond donors (Lipinski definition) is 5. The summed E-state index contributed by atoms with van der Waals surface area (Å²) in [5.74, 6) is -1.12. The van der Waals surface area contributed by atoms with E-state index < -0.39 is 23.1 Å². The predicted molar refractivity (Wildman–Crippen MR) is 206 cm³/mol. The first kappa shape index (κ1) is 39.2. The molecule has 2 heterocycles. The van der Waals surface area contributed by atoms with Gasteiger partial charge in [-0.2, -0.15) is 0 Å². The van der Waals surface area contributed by atoms with Gasteiger partial charge in [0.25, 0.3) is 22.5 Å². The number of carboxylic acid groups (broad SMARTS) is 2. The second-order valence-corrected chi connectivity index (χ2v) is 12.2. The summed E-state index contributed by atoms with van der Waals surface area (Å²) in [6, 6.07) is 31.4. The third kappa shape index (κ3) is 11.0. The van der Waals surface area contributed by atoms with E-state index in [1.165, 1.54) is 17.8 Å². The molecule has 0 fully saturated rings. The van der Waals surface area contributed by atoms with Crippen LogP contribution in [0.2, 0.25) is 0 Å². The monoisotopic (exact) mass is 762 g/mol. The number of carboxylic acids is 2. The fraction of sp³-hybridized carbons (Fsp3) is 0.0526. The number of alkyl halides is 1. The molecule has 5 N–H and O–H groups in total. The lowest BCUT2D eigenvalue weighted by atomic mass is 10.1. The van der Waals surface area contributed by atoms with Gasteiger partial charge in [0.1, 0.15) is 0 Å². The van der Waals surface area contributed by atoms with E-state index in [2.05, 4.69) is 29.6 Å². The molecule has 4 aromatic carbocycles. The Hall–Kier alpha value is -6.58. The Kier molecular flexibility index (Phi) is 14.2. The molecule has 6 rings (SSSR count). The fourth-order valence-corrected chi connectivity index (χ4v) is 5.71. The lowest BCUT2D eigenvalue weighted by Crippen LogP contribution is -2.09. The van der Waals surface area contributed by atoms with Gasteiger partial charge in [0.2, 0.25) is 0 Å². The van der Waals surface area contributed by atoms with Gasteiger partial charge in [-0.15, -0.1) is 11.6 Å². The number of hydrogen-bond acceptors (Lipinski definition) is 7. The van der Waals surface area contributed by atoms with Gasteiger partial charge in [-0.3, -0.25) is 9.59 Å². The van der Waals surface area contributed by atoms with Gasteiger partial charge in [0, 0.05) is 11.6 Å². The number of H-pyrrole nitrogens is 3. The highest BCUT2D eigenvalue weighted by atomic mass is 35.5. The number of aromatic amines is 3. The molecule has 0 spiro atoms. The lowest BCUT2D eigenvalue weighted by Gasteiger charge is -2.07. The summed E-state index contributed by atoms with van der Waals surface area (Å²) in [5.41, 5.74) is 3.41. The number of nitrogens with one attached hydrogen (secondary N) is 3. The van der Waals surface area contributed by atoms with Crippen LogP contribution in [0.5, 0.6) is 0 Å². The number of nitrogens with zero attached hydrogens (tertiary/aromatic N) is 3. The second kappa shape index (κ2) is 19.1. The van der Waals surface area contributed by atoms with Crippen molar-refractivity contribution in [2.24, 2.45) is 0 Å². The van der Waals surface area contributed by atoms with Crippen LogP contribution in [0.1, 0.15) is 31.8 Å². The summed E-state index contributed by atoms with van der Waals surface area (Å²) in [4.78, 5) is 64.0. The van der Waals surface area contributed by atoms with Crippen molar-refractivity contribution in [3.63, 3.8) is 0 Å². The maximum Gasteiger partial charge on any atom is 0.335 e. The van der Waals surface area contributed by atoms with Crippen molar-refractivity contribution in [1.82, 2.24) is 19.9 Å². The second-order valence-electron chi connectivity index (χ2n) is 10.6. The van der Waals surface area contributed by atoms with Gasteiger partial charge < -0.3 is 25.2 Å². The van der Waals surface area contributed by atoms with Crippen molar-refractivity contribution in [3.8, 4) is 22.5 Å². The van der Waals surface area contributed by atoms with Crippen LogP contribution in [0.3, 0.4) is 0 Å². The smallest absolute Gasteiger partial charge is 0.335 e. The van der Waals surface area contributed by atoms with Crippen molar-refractivity contribution < 1.29 is 19.8 Å². The van der Waals surface area contributed by atoms with Crippen molar-refractivity contribution >= 4 is 58.9 Å². The van der Waals surface area contributed by atoms with E-state index in [1.54, 1.807) is 48.5 Å². The summed E-state index contributed by atoms with van der Waals surface area (Å²) < 4.78 is 0.219. The van der Waals surface area contributed by atoms with Crippen LogP contribution in [0.25, 0.3) is 32.2 Å². The Balaban J connectivity index is 0.000000197. The Labute approximate surface area is 316 Å². The third-order valence-corrected chi connectivity index (χ3v) is 8.46. The Morgan fingerprint density at radius 1 is 0.717 bits per heavy atom. The fourth-order valence-electron chi connectivity index (χ4n) is 4.55. The molecule has 0 aliphatic heterocycles. The number of benzene rings is 4. The summed E-state index contributed by atoms with van der Waals surface area (Å²) >= 11 is 11.7. The van der Waals surface area contributed by atoms with Crippen LogP contribution in [-0.4, -0.2) is 42.1 Å². The molecule has 12 nitrogen and oxygen atoms in total. The minimum absolute atomic E-state index is 0.0276. The largest absolute Gasteiger partial charge is 0.478 e. The van der Waals surface area contributed by atoms with Crippen molar-refractivity contribution in [3.05, 3.63) is 180 Å². The number of halogens is 1. The first-order chi connectivity index (χ1) is 25.5. The number of aromatic nitrogens is 4. The Morgan fingerprint density at radius 3 is 1.79 bits per heavy atom. The van der Waals surface area contributed by atoms with E-state index in [0.717, 1.165) is 16.7 Å². The summed E-state index contributed by atoms with van der Waals surface area (Å²) in [6.45, 7) is 14.2. The maximum absolute atomic E-state index is 12.2. The summed E-state index contributed by atoms with van der Waals surface area (Å²) in [6.07, 6.45) is 0. The molecule has 2 aromatic heterocycles. The maximum atomic E-state index is 12.2. The first-order valence-electron chi connectivity index (χ1n) is 15.2. The standard InChI is InChI=1S/C19H13N3O3S.C11H7N3OS.C8H7ClO2/c1-20-16-15(13-7-3-2-4-8-13)21-19(22-17(16)23)26-11-12-6-5-9-14(10-12)18(24)25;1-12-9-8(7-5-3-2-4-6-7)13-11(16)14-10(9)15;9-5-6-2-1-3-7(4-6)8(10)11/h2-10H,11H2,(H,24,25)(H,21,22,23);2-6H,(H2,13,14,15,16);1-4H,5H2,(H,10,11). The average molecular weight is 763 g/mol. The summed E-state index contributed by atoms with van der Waals surface area (Å²) in [5, 5.41) is 18.0. The van der Waals surface area contributed by atoms with Gasteiger partial charge in [-0.05, 0) is 58.7 Å². The van der Waals surface area contributed by atoms with E-state index in [4.69, 9.17) is 47.2 Å². The van der Waals surface area contributed by atoms with Crippen molar-refractivity contribution in [2.75, 3.05) is 0 Å². The van der Waals surface area contributed by atoms with Crippen LogP contribution in [0, 0.1) is 17.9 Å². The van der Waals surface area contributed by atoms with E-state index >= 15 is 0 Å². The molecule has 0 aliphatic carbocycles. The van der Waals surface area contributed by atoms with Crippen molar-refractivity contribution in [2.45, 2.75) is 16.8 Å².